The van der Waals surface area contributed by atoms with Gasteiger partial charge in [-0.1, -0.05) is 18.2 Å². The molecule has 0 saturated carbocycles. The van der Waals surface area contributed by atoms with E-state index in [1.54, 1.807) is 13.8 Å². The number of rotatable bonds is 6. The molecule has 3 aromatic rings. The van der Waals surface area contributed by atoms with Crippen molar-refractivity contribution in [3.63, 3.8) is 0 Å². The van der Waals surface area contributed by atoms with Crippen LogP contribution in [0.5, 0.6) is 17.2 Å². The first-order valence-electron chi connectivity index (χ1n) is 11.2. The summed E-state index contributed by atoms with van der Waals surface area (Å²) in [6.07, 6.45) is 0.942. The lowest BCUT2D eigenvalue weighted by molar-refractivity contribution is 0.274. The van der Waals surface area contributed by atoms with Crippen LogP contribution < -0.4 is 0 Å². The van der Waals surface area contributed by atoms with Crippen molar-refractivity contribution in [3.05, 3.63) is 85.0 Å². The summed E-state index contributed by atoms with van der Waals surface area (Å²) in [5.41, 5.74) is 9.59. The Bertz CT molecular complexity index is 1220. The van der Waals surface area contributed by atoms with Crippen LogP contribution in [0.3, 0.4) is 0 Å². The fourth-order valence-corrected chi connectivity index (χ4v) is 4.64. The lowest BCUT2D eigenvalue weighted by Gasteiger charge is -2.20. The molecule has 5 nitrogen and oxygen atoms in total. The van der Waals surface area contributed by atoms with Crippen molar-refractivity contribution in [2.75, 3.05) is 0 Å². The standard InChI is InChI=1S/C28H34O5/c1-14-7-22(10-20-8-15(2)26(31)24(12-29)18(20)5)28(33)23(17(14)4)11-21-9-16(3)27(32)25(13-30)19(21)6/h7-9,29-33H,10-13H2,1-6H3. The molecule has 0 heterocycles. The Morgan fingerprint density at radius 2 is 0.909 bits per heavy atom. The predicted octanol–water partition coefficient (Wildman–Crippen LogP) is 4.82. The van der Waals surface area contributed by atoms with Gasteiger partial charge in [0.15, 0.2) is 0 Å². The lowest BCUT2D eigenvalue weighted by atomic mass is 9.87. The monoisotopic (exact) mass is 450 g/mol. The number of aromatic hydroxyl groups is 3. The van der Waals surface area contributed by atoms with E-state index in [-0.39, 0.29) is 30.5 Å². The summed E-state index contributed by atoms with van der Waals surface area (Å²) < 4.78 is 0. The average molecular weight is 451 g/mol. The summed E-state index contributed by atoms with van der Waals surface area (Å²) in [5.74, 6) is 0.452. The smallest absolute Gasteiger partial charge is 0.124 e. The number of aliphatic hydroxyl groups is 2. The van der Waals surface area contributed by atoms with E-state index in [1.165, 1.54) is 0 Å². The van der Waals surface area contributed by atoms with Gasteiger partial charge in [-0.05, 0) is 91.6 Å². The second kappa shape index (κ2) is 9.46. The Hall–Kier alpha value is -3.02. The molecule has 0 radical (unpaired) electrons. The quantitative estimate of drug-likeness (QED) is 0.371. The summed E-state index contributed by atoms with van der Waals surface area (Å²) in [4.78, 5) is 0. The van der Waals surface area contributed by atoms with Crippen LogP contribution in [0.25, 0.3) is 0 Å². The highest BCUT2D eigenvalue weighted by Gasteiger charge is 2.19. The molecule has 0 aromatic heterocycles. The molecule has 0 unspecified atom stereocenters. The third kappa shape index (κ3) is 4.43. The summed E-state index contributed by atoms with van der Waals surface area (Å²) in [5, 5.41) is 51.3. The van der Waals surface area contributed by atoms with Crippen molar-refractivity contribution in [3.8, 4) is 17.2 Å². The third-order valence-electron chi connectivity index (χ3n) is 7.06. The van der Waals surface area contributed by atoms with Crippen LogP contribution in [0, 0.1) is 41.5 Å². The van der Waals surface area contributed by atoms with E-state index >= 15 is 0 Å². The summed E-state index contributed by atoms with van der Waals surface area (Å²) in [6.45, 7) is 10.9. The van der Waals surface area contributed by atoms with Gasteiger partial charge in [0.05, 0.1) is 13.2 Å². The molecule has 0 amide bonds. The number of benzene rings is 3. The minimum absolute atomic E-state index is 0.113. The third-order valence-corrected chi connectivity index (χ3v) is 7.06. The first-order chi connectivity index (χ1) is 15.5. The van der Waals surface area contributed by atoms with Gasteiger partial charge in [-0.2, -0.15) is 0 Å². The van der Waals surface area contributed by atoms with E-state index in [1.807, 2.05) is 45.9 Å². The number of aryl methyl sites for hydroxylation is 3. The van der Waals surface area contributed by atoms with Crippen molar-refractivity contribution in [2.45, 2.75) is 67.6 Å². The number of hydrogen-bond acceptors (Lipinski definition) is 5. The molecule has 0 saturated heterocycles. The van der Waals surface area contributed by atoms with Crippen LogP contribution >= 0.6 is 0 Å². The lowest BCUT2D eigenvalue weighted by Crippen LogP contribution is -2.05. The zero-order valence-corrected chi connectivity index (χ0v) is 20.3. The molecule has 33 heavy (non-hydrogen) atoms. The van der Waals surface area contributed by atoms with E-state index in [2.05, 4.69) is 0 Å². The van der Waals surface area contributed by atoms with Gasteiger partial charge in [-0.15, -0.1) is 0 Å². The molecule has 176 valence electrons. The minimum atomic E-state index is -0.247. The zero-order valence-electron chi connectivity index (χ0n) is 20.3. The highest BCUT2D eigenvalue weighted by atomic mass is 16.3. The molecule has 0 aliphatic rings. The van der Waals surface area contributed by atoms with Crippen molar-refractivity contribution < 1.29 is 25.5 Å². The summed E-state index contributed by atoms with van der Waals surface area (Å²) >= 11 is 0. The van der Waals surface area contributed by atoms with E-state index < -0.39 is 0 Å². The second-order valence-corrected chi connectivity index (χ2v) is 9.08. The van der Waals surface area contributed by atoms with Gasteiger partial charge in [0, 0.05) is 29.5 Å². The van der Waals surface area contributed by atoms with Crippen LogP contribution in [0.4, 0.5) is 0 Å². The summed E-state index contributed by atoms with van der Waals surface area (Å²) in [6, 6.07) is 5.80. The number of hydrogen-bond donors (Lipinski definition) is 5. The molecular formula is C28H34O5. The highest BCUT2D eigenvalue weighted by molar-refractivity contribution is 5.57. The van der Waals surface area contributed by atoms with Gasteiger partial charge in [-0.25, -0.2) is 0 Å². The number of phenols is 3. The van der Waals surface area contributed by atoms with Crippen LogP contribution in [-0.4, -0.2) is 25.5 Å². The van der Waals surface area contributed by atoms with Gasteiger partial charge in [0.2, 0.25) is 0 Å². The van der Waals surface area contributed by atoms with Gasteiger partial charge in [-0.3, -0.25) is 0 Å². The second-order valence-electron chi connectivity index (χ2n) is 9.08. The van der Waals surface area contributed by atoms with Crippen LogP contribution in [0.2, 0.25) is 0 Å². The van der Waals surface area contributed by atoms with Crippen molar-refractivity contribution in [2.24, 2.45) is 0 Å². The minimum Gasteiger partial charge on any atom is -0.507 e. The molecule has 5 heteroatoms. The number of aliphatic hydroxyl groups excluding tert-OH is 2. The van der Waals surface area contributed by atoms with E-state index in [0.717, 1.165) is 44.5 Å². The Morgan fingerprint density at radius 1 is 0.485 bits per heavy atom. The topological polar surface area (TPSA) is 101 Å². The Kier molecular flexibility index (Phi) is 7.06. The molecule has 3 rings (SSSR count). The molecular weight excluding hydrogens is 416 g/mol. The maximum atomic E-state index is 11.3. The highest BCUT2D eigenvalue weighted by Crippen LogP contribution is 2.37. The molecule has 0 spiro atoms. The molecule has 0 fully saturated rings. The molecule has 0 bridgehead atoms. The van der Waals surface area contributed by atoms with Gasteiger partial charge in [0.1, 0.15) is 17.2 Å². The maximum Gasteiger partial charge on any atom is 0.124 e. The Labute approximate surface area is 195 Å². The fraction of sp³-hybridized carbons (Fsp3) is 0.357. The fourth-order valence-electron chi connectivity index (χ4n) is 4.64. The molecule has 0 aliphatic carbocycles. The van der Waals surface area contributed by atoms with Crippen LogP contribution in [0.1, 0.15) is 66.8 Å². The average Bonchev–Trinajstić information content (AvgIpc) is 2.77. The van der Waals surface area contributed by atoms with E-state index in [4.69, 9.17) is 0 Å². The van der Waals surface area contributed by atoms with Crippen molar-refractivity contribution >= 4 is 0 Å². The normalized spacial score (nSPS) is 11.3. The van der Waals surface area contributed by atoms with E-state index in [0.29, 0.717) is 35.1 Å². The Morgan fingerprint density at radius 3 is 1.36 bits per heavy atom. The first-order valence-corrected chi connectivity index (χ1v) is 11.2. The van der Waals surface area contributed by atoms with Gasteiger partial charge < -0.3 is 25.5 Å². The molecule has 0 aliphatic heterocycles. The zero-order chi connectivity index (χ0) is 24.6. The van der Waals surface area contributed by atoms with E-state index in [9.17, 15) is 25.5 Å². The largest absolute Gasteiger partial charge is 0.507 e. The van der Waals surface area contributed by atoms with Crippen LogP contribution in [0.15, 0.2) is 18.2 Å². The first kappa shape index (κ1) is 24.6. The molecule has 3 aromatic carbocycles. The van der Waals surface area contributed by atoms with Crippen molar-refractivity contribution in [1.82, 2.24) is 0 Å². The predicted molar refractivity (Wildman–Crippen MR) is 130 cm³/mol. The summed E-state index contributed by atoms with van der Waals surface area (Å²) in [7, 11) is 0. The van der Waals surface area contributed by atoms with Crippen molar-refractivity contribution in [1.29, 1.82) is 0 Å². The molecule has 5 N–H and O–H groups in total. The van der Waals surface area contributed by atoms with Crippen LogP contribution in [-0.2, 0) is 26.1 Å². The van der Waals surface area contributed by atoms with Gasteiger partial charge in [0.25, 0.3) is 0 Å². The SMILES string of the molecule is Cc1cc(Cc2cc(C)c(O)c(CO)c2C)c(O)c(Cc2cc(C)c(O)c(CO)c2C)c1C. The van der Waals surface area contributed by atoms with Gasteiger partial charge >= 0.3 is 0 Å². The maximum absolute atomic E-state index is 11.3. The Balaban J connectivity index is 2.11. The molecule has 0 atom stereocenters. The number of phenolic OH excluding ortho intramolecular Hbond substituents is 1.